The Morgan fingerprint density at radius 2 is 1.93 bits per heavy atom. The highest BCUT2D eigenvalue weighted by Gasteiger charge is 2.08. The van der Waals surface area contributed by atoms with Gasteiger partial charge in [-0.3, -0.25) is 9.36 Å². The normalized spacial score (nSPS) is 10.4. The van der Waals surface area contributed by atoms with Crippen LogP contribution in [0.15, 0.2) is 42.7 Å². The molecule has 1 aromatic carbocycles. The molecule has 0 radical (unpaired) electrons. The van der Waals surface area contributed by atoms with Gasteiger partial charge in [0.15, 0.2) is 18.1 Å². The molecular weight excluding hydrogens is 372 g/mol. The van der Waals surface area contributed by atoms with Crippen LogP contribution in [-0.2, 0) is 4.79 Å². The van der Waals surface area contributed by atoms with Gasteiger partial charge in [0, 0.05) is 31.5 Å². The van der Waals surface area contributed by atoms with E-state index in [1.54, 1.807) is 25.4 Å². The summed E-state index contributed by atoms with van der Waals surface area (Å²) in [5.41, 5.74) is 0. The molecule has 9 nitrogen and oxygen atoms in total. The highest BCUT2D eigenvalue weighted by atomic mass is 16.5. The molecule has 29 heavy (non-hydrogen) atoms. The third-order valence-corrected chi connectivity index (χ3v) is 4.08. The zero-order valence-corrected chi connectivity index (χ0v) is 16.7. The van der Waals surface area contributed by atoms with E-state index >= 15 is 0 Å². The Labute approximate surface area is 169 Å². The Balaban J connectivity index is 1.46. The Bertz CT molecular complexity index is 972. The molecule has 9 heteroatoms. The van der Waals surface area contributed by atoms with Gasteiger partial charge in [-0.15, -0.1) is 0 Å². The summed E-state index contributed by atoms with van der Waals surface area (Å²) in [6, 6.07) is 9.04. The van der Waals surface area contributed by atoms with Crippen LogP contribution in [0.25, 0.3) is 5.82 Å². The average Bonchev–Trinajstić information content (AvgIpc) is 3.15. The first-order chi connectivity index (χ1) is 14.1. The second-order valence-electron chi connectivity index (χ2n) is 6.22. The number of nitrogens with zero attached hydrogens (tertiary/aromatic N) is 4. The molecule has 0 spiro atoms. The fourth-order valence-electron chi connectivity index (χ4n) is 2.71. The van der Waals surface area contributed by atoms with Crippen LogP contribution < -0.4 is 20.1 Å². The number of anilines is 1. The van der Waals surface area contributed by atoms with Gasteiger partial charge in [-0.1, -0.05) is 12.1 Å². The van der Waals surface area contributed by atoms with Crippen molar-refractivity contribution in [2.75, 3.05) is 32.1 Å². The molecule has 0 unspecified atom stereocenters. The van der Waals surface area contributed by atoms with E-state index in [1.807, 2.05) is 42.8 Å². The molecule has 0 aliphatic carbocycles. The molecule has 2 heterocycles. The molecule has 0 atom stereocenters. The van der Waals surface area contributed by atoms with E-state index in [2.05, 4.69) is 25.6 Å². The van der Waals surface area contributed by atoms with Gasteiger partial charge in [0.25, 0.3) is 5.91 Å². The fraction of sp³-hybridized carbons (Fsp3) is 0.300. The lowest BCUT2D eigenvalue weighted by molar-refractivity contribution is -0.123. The molecule has 0 aliphatic rings. The fourth-order valence-corrected chi connectivity index (χ4v) is 2.71. The molecule has 0 bridgehead atoms. The van der Waals surface area contributed by atoms with E-state index < -0.39 is 0 Å². The largest absolute Gasteiger partial charge is 0.493 e. The lowest BCUT2D eigenvalue weighted by atomic mass is 10.3. The van der Waals surface area contributed by atoms with Crippen LogP contribution in [0.4, 0.5) is 5.82 Å². The van der Waals surface area contributed by atoms with E-state index in [0.717, 1.165) is 11.6 Å². The number of benzene rings is 1. The van der Waals surface area contributed by atoms with Crippen LogP contribution in [0.2, 0.25) is 0 Å². The second-order valence-corrected chi connectivity index (χ2v) is 6.22. The summed E-state index contributed by atoms with van der Waals surface area (Å²) < 4.78 is 12.6. The number of ether oxygens (including phenoxy) is 2. The summed E-state index contributed by atoms with van der Waals surface area (Å²) >= 11 is 0. The van der Waals surface area contributed by atoms with Gasteiger partial charge in [-0.25, -0.2) is 15.0 Å². The lowest BCUT2D eigenvalue weighted by Crippen LogP contribution is -2.32. The summed E-state index contributed by atoms with van der Waals surface area (Å²) in [5, 5.41) is 5.99. The quantitative estimate of drug-likeness (QED) is 0.533. The number of carbonyl (C=O) groups excluding carboxylic acids is 1. The maximum atomic E-state index is 12.0. The molecule has 152 valence electrons. The molecule has 0 fully saturated rings. The lowest BCUT2D eigenvalue weighted by Gasteiger charge is -2.12. The monoisotopic (exact) mass is 396 g/mol. The third kappa shape index (κ3) is 5.44. The van der Waals surface area contributed by atoms with Gasteiger partial charge < -0.3 is 20.1 Å². The zero-order chi connectivity index (χ0) is 20.6. The molecule has 3 rings (SSSR count). The van der Waals surface area contributed by atoms with Crippen molar-refractivity contribution in [3.05, 3.63) is 54.4 Å². The molecule has 0 aliphatic heterocycles. The van der Waals surface area contributed by atoms with Crippen molar-refractivity contribution in [2.24, 2.45) is 0 Å². The molecule has 3 aromatic rings. The molecule has 0 saturated carbocycles. The van der Waals surface area contributed by atoms with Crippen molar-refractivity contribution in [3.8, 4) is 17.3 Å². The molecule has 0 saturated heterocycles. The maximum absolute atomic E-state index is 12.0. The highest BCUT2D eigenvalue weighted by molar-refractivity contribution is 5.77. The summed E-state index contributed by atoms with van der Waals surface area (Å²) in [6.07, 6.45) is 3.57. The SMILES string of the molecule is COc1ccccc1OCC(=O)NCCNc1cc(-n2ccnc2C)nc(C)n1. The first kappa shape index (κ1) is 20.1. The van der Waals surface area contributed by atoms with Crippen molar-refractivity contribution in [2.45, 2.75) is 13.8 Å². The minimum atomic E-state index is -0.216. The molecule has 1 amide bonds. The number of methoxy groups -OCH3 is 1. The molecular formula is C20H24N6O3. The van der Waals surface area contributed by atoms with Crippen molar-refractivity contribution in [1.29, 1.82) is 0 Å². The van der Waals surface area contributed by atoms with Gasteiger partial charge >= 0.3 is 0 Å². The topological polar surface area (TPSA) is 103 Å². The van der Waals surface area contributed by atoms with Crippen molar-refractivity contribution in [3.63, 3.8) is 0 Å². The number of nitrogens with one attached hydrogen (secondary N) is 2. The number of hydrogen-bond donors (Lipinski definition) is 2. The van der Waals surface area contributed by atoms with Gasteiger partial charge in [0.1, 0.15) is 23.3 Å². The Hall–Kier alpha value is -3.62. The summed E-state index contributed by atoms with van der Waals surface area (Å²) in [4.78, 5) is 25.0. The van der Waals surface area contributed by atoms with Crippen molar-refractivity contribution in [1.82, 2.24) is 24.8 Å². The highest BCUT2D eigenvalue weighted by Crippen LogP contribution is 2.25. The Morgan fingerprint density at radius 3 is 2.66 bits per heavy atom. The molecule has 2 aromatic heterocycles. The summed E-state index contributed by atoms with van der Waals surface area (Å²) in [7, 11) is 1.56. The van der Waals surface area contributed by atoms with E-state index in [-0.39, 0.29) is 12.5 Å². The van der Waals surface area contributed by atoms with E-state index in [4.69, 9.17) is 9.47 Å². The van der Waals surface area contributed by atoms with Crippen LogP contribution in [0.3, 0.4) is 0 Å². The summed E-state index contributed by atoms with van der Waals surface area (Å²) in [6.45, 7) is 4.60. The number of aromatic nitrogens is 4. The van der Waals surface area contributed by atoms with Crippen LogP contribution in [0.5, 0.6) is 11.5 Å². The number of amides is 1. The standard InChI is InChI=1S/C20H24N6O3/c1-14-24-18(12-19(25-14)26-11-10-21-15(26)2)22-8-9-23-20(27)13-29-17-7-5-4-6-16(17)28-3/h4-7,10-12H,8-9,13H2,1-3H3,(H,23,27)(H,22,24,25). The first-order valence-electron chi connectivity index (χ1n) is 9.19. The summed E-state index contributed by atoms with van der Waals surface area (Å²) in [5.74, 6) is 3.81. The average molecular weight is 396 g/mol. The van der Waals surface area contributed by atoms with Crippen LogP contribution in [0, 0.1) is 13.8 Å². The van der Waals surface area contributed by atoms with Crippen LogP contribution >= 0.6 is 0 Å². The predicted molar refractivity (Wildman–Crippen MR) is 109 cm³/mol. The van der Waals surface area contributed by atoms with Crippen LogP contribution in [-0.4, -0.2) is 52.2 Å². The van der Waals surface area contributed by atoms with Gasteiger partial charge in [-0.05, 0) is 26.0 Å². The minimum Gasteiger partial charge on any atom is -0.493 e. The third-order valence-electron chi connectivity index (χ3n) is 4.08. The zero-order valence-electron chi connectivity index (χ0n) is 16.7. The number of carbonyl (C=O) groups is 1. The number of rotatable bonds is 9. The van der Waals surface area contributed by atoms with Gasteiger partial charge in [0.2, 0.25) is 0 Å². The van der Waals surface area contributed by atoms with E-state index in [1.165, 1.54) is 0 Å². The van der Waals surface area contributed by atoms with Crippen molar-refractivity contribution >= 4 is 11.7 Å². The molecule has 2 N–H and O–H groups in total. The van der Waals surface area contributed by atoms with E-state index in [0.29, 0.717) is 36.2 Å². The van der Waals surface area contributed by atoms with Crippen LogP contribution in [0.1, 0.15) is 11.6 Å². The predicted octanol–water partition coefficient (Wildman–Crippen LogP) is 1.89. The minimum absolute atomic E-state index is 0.0863. The smallest absolute Gasteiger partial charge is 0.258 e. The number of hydrogen-bond acceptors (Lipinski definition) is 7. The van der Waals surface area contributed by atoms with Gasteiger partial charge in [0.05, 0.1) is 7.11 Å². The number of aryl methyl sites for hydroxylation is 2. The van der Waals surface area contributed by atoms with E-state index in [9.17, 15) is 4.79 Å². The number of imidazole rings is 1. The number of para-hydroxylation sites is 2. The Morgan fingerprint density at radius 1 is 1.14 bits per heavy atom. The second kappa shape index (κ2) is 9.54. The van der Waals surface area contributed by atoms with Crippen molar-refractivity contribution < 1.29 is 14.3 Å². The maximum Gasteiger partial charge on any atom is 0.258 e. The Kier molecular flexibility index (Phi) is 6.62. The first-order valence-corrected chi connectivity index (χ1v) is 9.19. The van der Waals surface area contributed by atoms with Gasteiger partial charge in [-0.2, -0.15) is 0 Å².